The van der Waals surface area contributed by atoms with Crippen LogP contribution in [-0.2, 0) is 12.6 Å². The molecule has 1 aromatic heterocycles. The number of hydrogen-bond donors (Lipinski definition) is 4. The van der Waals surface area contributed by atoms with E-state index in [1.807, 2.05) is 25.9 Å². The number of nitrogens with zero attached hydrogens (tertiary/aromatic N) is 4. The van der Waals surface area contributed by atoms with E-state index in [-0.39, 0.29) is 41.1 Å². The maximum Gasteiger partial charge on any atom is 0.418 e. The summed E-state index contributed by atoms with van der Waals surface area (Å²) >= 11 is 0. The first-order chi connectivity index (χ1) is 18.0. The molecule has 12 heteroatoms. The van der Waals surface area contributed by atoms with Gasteiger partial charge in [0.15, 0.2) is 11.5 Å². The van der Waals surface area contributed by atoms with Gasteiger partial charge in [0.05, 0.1) is 17.4 Å². The molecule has 9 nitrogen and oxygen atoms in total. The van der Waals surface area contributed by atoms with E-state index in [1.165, 1.54) is 6.07 Å². The molecule has 1 unspecified atom stereocenters. The highest BCUT2D eigenvalue weighted by molar-refractivity contribution is 5.96. The lowest BCUT2D eigenvalue weighted by Gasteiger charge is -2.27. The zero-order valence-corrected chi connectivity index (χ0v) is 22.0. The second-order valence-corrected chi connectivity index (χ2v) is 10.3. The third-order valence-corrected chi connectivity index (χ3v) is 7.37. The van der Waals surface area contributed by atoms with Gasteiger partial charge in [0, 0.05) is 36.5 Å². The average molecular weight is 536 g/mol. The van der Waals surface area contributed by atoms with Crippen LogP contribution in [0.15, 0.2) is 18.2 Å². The fourth-order valence-corrected chi connectivity index (χ4v) is 5.14. The molecule has 2 heterocycles. The Hall–Kier alpha value is -3.12. The first kappa shape index (κ1) is 27.9. The first-order valence-corrected chi connectivity index (χ1v) is 13.0. The smallest absolute Gasteiger partial charge is 0.393 e. The van der Waals surface area contributed by atoms with Gasteiger partial charge >= 0.3 is 6.18 Å². The van der Waals surface area contributed by atoms with Crippen molar-refractivity contribution in [2.45, 2.75) is 69.8 Å². The van der Waals surface area contributed by atoms with Crippen molar-refractivity contribution in [1.29, 1.82) is 0 Å². The van der Waals surface area contributed by atoms with Gasteiger partial charge in [-0.3, -0.25) is 4.79 Å². The minimum Gasteiger partial charge on any atom is -0.393 e. The minimum absolute atomic E-state index is 0.0113. The number of halogens is 3. The Bertz CT molecular complexity index is 1150. The molecule has 1 atom stereocenters. The Labute approximate surface area is 220 Å². The fraction of sp³-hybridized carbons (Fsp3) is 0.577. The highest BCUT2D eigenvalue weighted by Gasteiger charge is 2.37. The Morgan fingerprint density at radius 2 is 1.87 bits per heavy atom. The molecule has 208 valence electrons. The maximum atomic E-state index is 14.1. The lowest BCUT2D eigenvalue weighted by atomic mass is 9.93. The van der Waals surface area contributed by atoms with Crippen LogP contribution in [0.2, 0.25) is 0 Å². The molecule has 1 aliphatic carbocycles. The molecule has 5 N–H and O–H groups in total. The van der Waals surface area contributed by atoms with Gasteiger partial charge in [-0.1, -0.05) is 6.92 Å². The number of aliphatic hydroxyl groups is 1. The van der Waals surface area contributed by atoms with Crippen LogP contribution >= 0.6 is 0 Å². The topological polar surface area (TPSA) is 120 Å². The van der Waals surface area contributed by atoms with Gasteiger partial charge in [0.25, 0.3) is 5.91 Å². The molecule has 4 rings (SSSR count). The standard InChI is InChI=1S/C26H36F3N7O2/c1-4-20-24(31-15-5-8-18(37)9-6-15)34-25(22(33-20)23(30)38)32-16-7-10-21(19(13-16)26(27,28)29)36-12-11-17(14-36)35(2)3/h7,10,13,15,17-18,37H,4-6,8-9,11-12,14H2,1-3H3,(H2,30,38)(H2,31,32,34)/t15-,17?,18-. The summed E-state index contributed by atoms with van der Waals surface area (Å²) in [5.74, 6) is -0.398. The third-order valence-electron chi connectivity index (χ3n) is 7.37. The van der Waals surface area contributed by atoms with E-state index in [4.69, 9.17) is 5.73 Å². The summed E-state index contributed by atoms with van der Waals surface area (Å²) < 4.78 is 42.4. The molecular formula is C26H36F3N7O2. The van der Waals surface area contributed by atoms with Crippen molar-refractivity contribution in [2.24, 2.45) is 5.73 Å². The van der Waals surface area contributed by atoms with Crippen LogP contribution in [0.3, 0.4) is 0 Å². The van der Waals surface area contributed by atoms with Gasteiger partial charge in [0.1, 0.15) is 5.82 Å². The van der Waals surface area contributed by atoms with E-state index in [2.05, 4.69) is 20.6 Å². The van der Waals surface area contributed by atoms with Crippen LogP contribution in [-0.4, -0.2) is 71.3 Å². The van der Waals surface area contributed by atoms with E-state index in [9.17, 15) is 23.1 Å². The average Bonchev–Trinajstić information content (AvgIpc) is 3.35. The van der Waals surface area contributed by atoms with Crippen LogP contribution < -0.4 is 21.3 Å². The summed E-state index contributed by atoms with van der Waals surface area (Å²) in [6, 6.07) is 4.27. The number of nitrogens with two attached hydrogens (primary N) is 1. The third kappa shape index (κ3) is 6.29. The number of carbonyl (C=O) groups is 1. The van der Waals surface area contributed by atoms with Crippen molar-refractivity contribution < 1.29 is 23.1 Å². The normalized spacial score (nSPS) is 22.1. The fourth-order valence-electron chi connectivity index (χ4n) is 5.14. The zero-order chi connectivity index (χ0) is 27.6. The summed E-state index contributed by atoms with van der Waals surface area (Å²) in [5.41, 5.74) is 5.44. The van der Waals surface area contributed by atoms with E-state index in [0.717, 1.165) is 25.3 Å². The van der Waals surface area contributed by atoms with Gasteiger partial charge in [-0.2, -0.15) is 13.2 Å². The lowest BCUT2D eigenvalue weighted by molar-refractivity contribution is -0.137. The molecular weight excluding hydrogens is 499 g/mol. The number of primary amides is 1. The van der Waals surface area contributed by atoms with Crippen molar-refractivity contribution in [3.05, 3.63) is 35.2 Å². The van der Waals surface area contributed by atoms with Gasteiger partial charge < -0.3 is 31.3 Å². The molecule has 1 amide bonds. The number of aliphatic hydroxyl groups excluding tert-OH is 1. The highest BCUT2D eigenvalue weighted by Crippen LogP contribution is 2.40. The summed E-state index contributed by atoms with van der Waals surface area (Å²) in [6.07, 6.45) is -0.831. The van der Waals surface area contributed by atoms with Crippen LogP contribution in [0.5, 0.6) is 0 Å². The first-order valence-electron chi connectivity index (χ1n) is 13.0. The Kier molecular flexibility index (Phi) is 8.31. The number of hydrogen-bond acceptors (Lipinski definition) is 8. The van der Waals surface area contributed by atoms with Gasteiger partial charge in [-0.05, 0) is 70.8 Å². The molecule has 2 aliphatic rings. The Morgan fingerprint density at radius 1 is 1.16 bits per heavy atom. The molecule has 38 heavy (non-hydrogen) atoms. The predicted octanol–water partition coefficient (Wildman–Crippen LogP) is 3.76. The molecule has 1 saturated heterocycles. The largest absolute Gasteiger partial charge is 0.418 e. The predicted molar refractivity (Wildman–Crippen MR) is 141 cm³/mol. The number of carbonyl (C=O) groups excluding carboxylic acids is 1. The summed E-state index contributed by atoms with van der Waals surface area (Å²) in [6.45, 7) is 2.90. The second kappa shape index (κ2) is 11.3. The van der Waals surface area contributed by atoms with E-state index in [0.29, 0.717) is 43.9 Å². The molecule has 2 aromatic rings. The monoisotopic (exact) mass is 535 g/mol. The van der Waals surface area contributed by atoms with E-state index >= 15 is 0 Å². The van der Waals surface area contributed by atoms with E-state index < -0.39 is 17.6 Å². The van der Waals surface area contributed by atoms with Crippen LogP contribution in [0.1, 0.15) is 60.8 Å². The summed E-state index contributed by atoms with van der Waals surface area (Å²) in [4.78, 5) is 24.9. The zero-order valence-electron chi connectivity index (χ0n) is 22.0. The number of amides is 1. The van der Waals surface area contributed by atoms with Crippen molar-refractivity contribution in [3.63, 3.8) is 0 Å². The summed E-state index contributed by atoms with van der Waals surface area (Å²) in [5, 5.41) is 16.0. The molecule has 1 aromatic carbocycles. The molecule has 0 radical (unpaired) electrons. The Morgan fingerprint density at radius 3 is 2.45 bits per heavy atom. The van der Waals surface area contributed by atoms with Crippen LogP contribution in [0.4, 0.5) is 36.2 Å². The molecule has 0 bridgehead atoms. The van der Waals surface area contributed by atoms with Gasteiger partial charge in [-0.25, -0.2) is 9.97 Å². The number of nitrogens with one attached hydrogen (secondary N) is 2. The Balaban J connectivity index is 1.65. The molecule has 1 aliphatic heterocycles. The highest BCUT2D eigenvalue weighted by atomic mass is 19.4. The van der Waals surface area contributed by atoms with Crippen LogP contribution in [0, 0.1) is 0 Å². The lowest BCUT2D eigenvalue weighted by Crippen LogP contribution is -2.32. The van der Waals surface area contributed by atoms with Crippen molar-refractivity contribution >= 4 is 28.9 Å². The number of aromatic nitrogens is 2. The number of aryl methyl sites for hydroxylation is 1. The molecule has 2 fully saturated rings. The van der Waals surface area contributed by atoms with Crippen molar-refractivity contribution in [2.75, 3.05) is 42.7 Å². The van der Waals surface area contributed by atoms with E-state index in [1.54, 1.807) is 11.0 Å². The van der Waals surface area contributed by atoms with Crippen molar-refractivity contribution in [1.82, 2.24) is 14.9 Å². The van der Waals surface area contributed by atoms with Gasteiger partial charge in [-0.15, -0.1) is 0 Å². The number of benzene rings is 1. The number of rotatable bonds is 8. The second-order valence-electron chi connectivity index (χ2n) is 10.3. The van der Waals surface area contributed by atoms with Crippen LogP contribution in [0.25, 0.3) is 0 Å². The van der Waals surface area contributed by atoms with Crippen molar-refractivity contribution in [3.8, 4) is 0 Å². The number of anilines is 4. The minimum atomic E-state index is -4.58. The molecule has 1 saturated carbocycles. The van der Waals surface area contributed by atoms with Gasteiger partial charge in [0.2, 0.25) is 0 Å². The number of alkyl halides is 3. The summed E-state index contributed by atoms with van der Waals surface area (Å²) in [7, 11) is 3.85. The molecule has 0 spiro atoms. The SMILES string of the molecule is CCc1nc(C(N)=O)c(Nc2ccc(N3CCC(N(C)C)C3)c(C(F)(F)F)c2)nc1N[C@H]1CC[C@H](O)CC1. The number of likely N-dealkylation sites (N-methyl/N-ethyl adjacent to an activating group) is 1. The quantitative estimate of drug-likeness (QED) is 0.404. The maximum absolute atomic E-state index is 14.1.